The first-order valence-corrected chi connectivity index (χ1v) is 5.02. The van der Waals surface area contributed by atoms with Gasteiger partial charge in [0.25, 0.3) is 0 Å². The van der Waals surface area contributed by atoms with E-state index in [2.05, 4.69) is 0 Å². The van der Waals surface area contributed by atoms with Gasteiger partial charge in [0.05, 0.1) is 5.41 Å². The number of aliphatic carboxylic acids is 1. The molecule has 0 aromatic carbocycles. The van der Waals surface area contributed by atoms with E-state index in [1.165, 1.54) is 6.08 Å². The van der Waals surface area contributed by atoms with Gasteiger partial charge >= 0.3 is 5.97 Å². The van der Waals surface area contributed by atoms with Crippen molar-refractivity contribution >= 4 is 5.97 Å². The number of carboxylic acid groups (broad SMARTS) is 1. The molecule has 1 saturated carbocycles. The van der Waals surface area contributed by atoms with Crippen LogP contribution in [-0.2, 0) is 4.79 Å². The van der Waals surface area contributed by atoms with E-state index < -0.39 is 17.5 Å². The molecule has 2 rings (SSSR count). The normalized spacial score (nSPS) is 32.9. The number of hydrogen-bond donors (Lipinski definition) is 3. The summed E-state index contributed by atoms with van der Waals surface area (Å²) in [6.07, 6.45) is 3.46. The molecule has 2 atom stereocenters. The van der Waals surface area contributed by atoms with Crippen molar-refractivity contribution in [3.63, 3.8) is 0 Å². The van der Waals surface area contributed by atoms with Crippen LogP contribution in [0.3, 0.4) is 0 Å². The first kappa shape index (κ1) is 10.2. The fourth-order valence-electron chi connectivity index (χ4n) is 1.99. The van der Waals surface area contributed by atoms with Crippen LogP contribution in [-0.4, -0.2) is 27.4 Å². The maximum Gasteiger partial charge on any atom is 0.314 e. The molecule has 0 aliphatic heterocycles. The predicted octanol–water partition coefficient (Wildman–Crippen LogP) is 1.23. The summed E-state index contributed by atoms with van der Waals surface area (Å²) in [6, 6.07) is 0. The number of hydrogen-bond acceptors (Lipinski definition) is 3. The summed E-state index contributed by atoms with van der Waals surface area (Å²) in [4.78, 5) is 11.1. The smallest absolute Gasteiger partial charge is 0.314 e. The maximum absolute atomic E-state index is 11.1. The number of aliphatic hydroxyl groups excluding tert-OH is 2. The van der Waals surface area contributed by atoms with Crippen LogP contribution in [0.15, 0.2) is 23.5 Å². The van der Waals surface area contributed by atoms with Gasteiger partial charge in [-0.2, -0.15) is 0 Å². The van der Waals surface area contributed by atoms with Crippen molar-refractivity contribution in [1.82, 2.24) is 0 Å². The van der Waals surface area contributed by atoms with E-state index >= 15 is 0 Å². The van der Waals surface area contributed by atoms with E-state index in [4.69, 9.17) is 5.11 Å². The van der Waals surface area contributed by atoms with Crippen LogP contribution in [0.1, 0.15) is 19.8 Å². The van der Waals surface area contributed by atoms with Crippen molar-refractivity contribution in [1.29, 1.82) is 0 Å². The molecule has 0 saturated heterocycles. The largest absolute Gasteiger partial charge is 0.510 e. The predicted molar refractivity (Wildman–Crippen MR) is 53.3 cm³/mol. The minimum atomic E-state index is -0.904. The highest BCUT2D eigenvalue weighted by molar-refractivity contribution is 5.83. The molecule has 0 aromatic heterocycles. The molecule has 0 amide bonds. The summed E-state index contributed by atoms with van der Waals surface area (Å²) in [5.74, 6) is -1.21. The molecule has 15 heavy (non-hydrogen) atoms. The zero-order valence-corrected chi connectivity index (χ0v) is 8.47. The molecule has 2 unspecified atom stereocenters. The second kappa shape index (κ2) is 3.10. The van der Waals surface area contributed by atoms with E-state index in [1.807, 2.05) is 0 Å². The van der Waals surface area contributed by atoms with Gasteiger partial charge in [0.2, 0.25) is 0 Å². The first-order valence-electron chi connectivity index (χ1n) is 5.02. The standard InChI is InChI=1S/C11H14O4/c1-6-4-7(5-8(12)9(6)13)11(2-3-11)10(14)15/h4-6,9,12-13H,2-3H2,1H3,(H,14,15). The molecule has 0 radical (unpaired) electrons. The first-order chi connectivity index (χ1) is 6.97. The molecule has 3 N–H and O–H groups in total. The number of rotatable bonds is 2. The van der Waals surface area contributed by atoms with Gasteiger partial charge < -0.3 is 15.3 Å². The number of carbonyl (C=O) groups is 1. The van der Waals surface area contributed by atoms with Crippen LogP contribution in [0.5, 0.6) is 0 Å². The molecular formula is C11H14O4. The van der Waals surface area contributed by atoms with Crippen molar-refractivity contribution in [3.8, 4) is 0 Å². The summed E-state index contributed by atoms with van der Waals surface area (Å²) in [5, 5.41) is 28.0. The third-order valence-corrected chi connectivity index (χ3v) is 3.26. The van der Waals surface area contributed by atoms with Crippen LogP contribution in [0.25, 0.3) is 0 Å². The Morgan fingerprint density at radius 3 is 2.53 bits per heavy atom. The second-order valence-electron chi connectivity index (χ2n) is 4.38. The number of carboxylic acids is 1. The topological polar surface area (TPSA) is 77.8 Å². The third-order valence-electron chi connectivity index (χ3n) is 3.26. The van der Waals surface area contributed by atoms with E-state index in [0.29, 0.717) is 18.4 Å². The summed E-state index contributed by atoms with van der Waals surface area (Å²) >= 11 is 0. The minimum Gasteiger partial charge on any atom is -0.510 e. The van der Waals surface area contributed by atoms with Gasteiger partial charge in [-0.3, -0.25) is 4.79 Å². The van der Waals surface area contributed by atoms with Gasteiger partial charge in [-0.25, -0.2) is 0 Å². The molecule has 4 nitrogen and oxygen atoms in total. The van der Waals surface area contributed by atoms with Crippen LogP contribution < -0.4 is 0 Å². The summed E-state index contributed by atoms with van der Waals surface area (Å²) in [6.45, 7) is 1.76. The van der Waals surface area contributed by atoms with Crippen molar-refractivity contribution in [2.45, 2.75) is 25.9 Å². The summed E-state index contributed by atoms with van der Waals surface area (Å²) < 4.78 is 0. The van der Waals surface area contributed by atoms with Gasteiger partial charge in [0.15, 0.2) is 0 Å². The Hall–Kier alpha value is -1.29. The van der Waals surface area contributed by atoms with Gasteiger partial charge in [0, 0.05) is 5.92 Å². The van der Waals surface area contributed by atoms with Crippen LogP contribution in [0, 0.1) is 11.3 Å². The zero-order valence-electron chi connectivity index (χ0n) is 8.47. The molecule has 82 valence electrons. The molecule has 0 heterocycles. The Labute approximate surface area is 87.5 Å². The molecule has 0 bridgehead atoms. The Kier molecular flexibility index (Phi) is 2.12. The van der Waals surface area contributed by atoms with E-state index in [9.17, 15) is 15.0 Å². The highest BCUT2D eigenvalue weighted by Gasteiger charge is 2.53. The lowest BCUT2D eigenvalue weighted by atomic mass is 9.85. The SMILES string of the molecule is CC1C=C(C2(C(=O)O)CC2)C=C(O)C1O. The third kappa shape index (κ3) is 1.45. The van der Waals surface area contributed by atoms with Gasteiger partial charge in [-0.15, -0.1) is 0 Å². The Morgan fingerprint density at radius 1 is 1.53 bits per heavy atom. The quantitative estimate of drug-likeness (QED) is 0.640. The molecular weight excluding hydrogens is 196 g/mol. The summed E-state index contributed by atoms with van der Waals surface area (Å²) in [7, 11) is 0. The fraction of sp³-hybridized carbons (Fsp3) is 0.545. The Morgan fingerprint density at radius 2 is 2.13 bits per heavy atom. The summed E-state index contributed by atoms with van der Waals surface area (Å²) in [5.41, 5.74) is -0.173. The molecule has 0 aromatic rings. The van der Waals surface area contributed by atoms with Gasteiger partial charge in [-0.05, 0) is 24.5 Å². The lowest BCUT2D eigenvalue weighted by molar-refractivity contribution is -0.141. The Balaban J connectivity index is 2.32. The minimum absolute atomic E-state index is 0.132. The highest BCUT2D eigenvalue weighted by Crippen LogP contribution is 2.54. The van der Waals surface area contributed by atoms with Crippen molar-refractivity contribution in [3.05, 3.63) is 23.5 Å². The maximum atomic E-state index is 11.1. The molecule has 1 fully saturated rings. The van der Waals surface area contributed by atoms with Crippen LogP contribution >= 0.6 is 0 Å². The molecule has 2 aliphatic rings. The van der Waals surface area contributed by atoms with Gasteiger partial charge in [-0.1, -0.05) is 13.0 Å². The average Bonchev–Trinajstić information content (AvgIpc) is 2.93. The molecule has 2 aliphatic carbocycles. The number of aliphatic hydroxyl groups is 2. The molecule has 4 heteroatoms. The van der Waals surface area contributed by atoms with E-state index in [1.54, 1.807) is 13.0 Å². The monoisotopic (exact) mass is 210 g/mol. The van der Waals surface area contributed by atoms with Crippen molar-refractivity contribution < 1.29 is 20.1 Å². The fourth-order valence-corrected chi connectivity index (χ4v) is 1.99. The lowest BCUT2D eigenvalue weighted by Gasteiger charge is -2.24. The van der Waals surface area contributed by atoms with Crippen LogP contribution in [0.2, 0.25) is 0 Å². The average molecular weight is 210 g/mol. The van der Waals surface area contributed by atoms with E-state index in [0.717, 1.165) is 0 Å². The zero-order chi connectivity index (χ0) is 11.2. The number of allylic oxidation sites excluding steroid dienone is 1. The second-order valence-corrected chi connectivity index (χ2v) is 4.38. The molecule has 0 spiro atoms. The lowest BCUT2D eigenvalue weighted by Crippen LogP contribution is -2.26. The van der Waals surface area contributed by atoms with Crippen LogP contribution in [0.4, 0.5) is 0 Å². The highest BCUT2D eigenvalue weighted by atomic mass is 16.4. The van der Waals surface area contributed by atoms with Crippen molar-refractivity contribution in [2.75, 3.05) is 0 Å². The van der Waals surface area contributed by atoms with Crippen molar-refractivity contribution in [2.24, 2.45) is 11.3 Å². The van der Waals surface area contributed by atoms with Gasteiger partial charge in [0.1, 0.15) is 11.9 Å². The van der Waals surface area contributed by atoms with E-state index in [-0.39, 0.29) is 11.7 Å². The Bertz CT molecular complexity index is 363.